The first kappa shape index (κ1) is 15.3. The van der Waals surface area contributed by atoms with Gasteiger partial charge in [-0.1, -0.05) is 74.5 Å². The van der Waals surface area contributed by atoms with Gasteiger partial charge in [0, 0.05) is 0 Å². The van der Waals surface area contributed by atoms with Gasteiger partial charge in [0.15, 0.2) is 0 Å². The Kier molecular flexibility index (Phi) is 5.12. The van der Waals surface area contributed by atoms with E-state index >= 15 is 0 Å². The number of carbonyl (C=O) groups excluding carboxylic acids is 1. The molecule has 0 aliphatic rings. The maximum atomic E-state index is 11.7. The zero-order valence-electron chi connectivity index (χ0n) is 12.5. The number of amides is 1. The van der Waals surface area contributed by atoms with E-state index in [0.29, 0.717) is 0 Å². The summed E-state index contributed by atoms with van der Waals surface area (Å²) in [6.07, 6.45) is 0. The predicted molar refractivity (Wildman–Crippen MR) is 85.7 cm³/mol. The number of carbonyl (C=O) groups is 1. The molecule has 2 rings (SSSR count). The fraction of sp³-hybridized carbons (Fsp3) is 0.278. The summed E-state index contributed by atoms with van der Waals surface area (Å²) in [4.78, 5) is 11.7. The number of rotatable bonds is 6. The molecule has 0 unspecified atom stereocenters. The first-order valence-corrected chi connectivity index (χ1v) is 7.25. The highest BCUT2D eigenvalue weighted by atomic mass is 16.1. The predicted octanol–water partition coefficient (Wildman–Crippen LogP) is 2.88. The molecule has 0 bridgehead atoms. The number of benzene rings is 2. The summed E-state index contributed by atoms with van der Waals surface area (Å²) in [6, 6.07) is 19.8. The zero-order chi connectivity index (χ0) is 15.2. The SMILES string of the molecule is CC(C)[C@@H](NC(c1ccccc1)c1ccccc1)C(N)=O. The molecule has 0 spiro atoms. The largest absolute Gasteiger partial charge is 0.368 e. The molecule has 0 saturated carbocycles. The fourth-order valence-electron chi connectivity index (χ4n) is 2.46. The molecule has 0 aromatic heterocycles. The van der Waals surface area contributed by atoms with Crippen molar-refractivity contribution in [3.63, 3.8) is 0 Å². The van der Waals surface area contributed by atoms with Gasteiger partial charge in [0.1, 0.15) is 0 Å². The fourth-order valence-corrected chi connectivity index (χ4v) is 2.46. The van der Waals surface area contributed by atoms with Crippen LogP contribution in [-0.4, -0.2) is 11.9 Å². The van der Waals surface area contributed by atoms with Gasteiger partial charge < -0.3 is 5.73 Å². The van der Waals surface area contributed by atoms with E-state index in [1.807, 2.05) is 50.2 Å². The van der Waals surface area contributed by atoms with Crippen molar-refractivity contribution in [3.05, 3.63) is 71.8 Å². The van der Waals surface area contributed by atoms with E-state index in [1.165, 1.54) is 0 Å². The second kappa shape index (κ2) is 7.04. The second-order valence-electron chi connectivity index (χ2n) is 5.55. The lowest BCUT2D eigenvalue weighted by Gasteiger charge is -2.27. The average Bonchev–Trinajstić information content (AvgIpc) is 2.49. The molecular formula is C18H22N2O. The van der Waals surface area contributed by atoms with E-state index in [9.17, 15) is 4.79 Å². The third-order valence-electron chi connectivity index (χ3n) is 3.59. The molecule has 21 heavy (non-hydrogen) atoms. The van der Waals surface area contributed by atoms with Gasteiger partial charge in [-0.3, -0.25) is 10.1 Å². The highest BCUT2D eigenvalue weighted by Crippen LogP contribution is 2.23. The van der Waals surface area contributed by atoms with Crippen LogP contribution < -0.4 is 11.1 Å². The number of hydrogen-bond donors (Lipinski definition) is 2. The Labute approximate surface area is 126 Å². The van der Waals surface area contributed by atoms with Crippen LogP contribution in [0.5, 0.6) is 0 Å². The molecule has 0 aliphatic carbocycles. The summed E-state index contributed by atoms with van der Waals surface area (Å²) in [5, 5.41) is 3.41. The van der Waals surface area contributed by atoms with Crippen LogP contribution in [0.25, 0.3) is 0 Å². The Morgan fingerprint density at radius 2 is 1.33 bits per heavy atom. The van der Waals surface area contributed by atoms with Gasteiger partial charge in [-0.25, -0.2) is 0 Å². The summed E-state index contributed by atoms with van der Waals surface area (Å²) in [6.45, 7) is 3.99. The number of primary amides is 1. The van der Waals surface area contributed by atoms with Crippen LogP contribution in [0.2, 0.25) is 0 Å². The maximum absolute atomic E-state index is 11.7. The van der Waals surface area contributed by atoms with Gasteiger partial charge in [0.05, 0.1) is 12.1 Å². The monoisotopic (exact) mass is 282 g/mol. The van der Waals surface area contributed by atoms with Crippen molar-refractivity contribution in [2.45, 2.75) is 25.9 Å². The van der Waals surface area contributed by atoms with Crippen LogP contribution in [-0.2, 0) is 4.79 Å². The Morgan fingerprint density at radius 1 is 0.905 bits per heavy atom. The summed E-state index contributed by atoms with van der Waals surface area (Å²) in [5.41, 5.74) is 7.78. The highest BCUT2D eigenvalue weighted by Gasteiger charge is 2.24. The van der Waals surface area contributed by atoms with E-state index in [0.717, 1.165) is 11.1 Å². The lowest BCUT2D eigenvalue weighted by atomic mass is 9.95. The lowest BCUT2D eigenvalue weighted by molar-refractivity contribution is -0.121. The molecule has 2 aromatic carbocycles. The van der Waals surface area contributed by atoms with Crippen LogP contribution in [0, 0.1) is 5.92 Å². The van der Waals surface area contributed by atoms with Crippen LogP contribution in [0.3, 0.4) is 0 Å². The van der Waals surface area contributed by atoms with E-state index in [4.69, 9.17) is 5.73 Å². The van der Waals surface area contributed by atoms with E-state index < -0.39 is 0 Å². The summed E-state index contributed by atoms with van der Waals surface area (Å²) < 4.78 is 0. The van der Waals surface area contributed by atoms with Gasteiger partial charge >= 0.3 is 0 Å². The Bertz CT molecular complexity index is 527. The number of hydrogen-bond acceptors (Lipinski definition) is 2. The summed E-state index contributed by atoms with van der Waals surface area (Å²) in [5.74, 6) is -0.181. The molecule has 3 N–H and O–H groups in total. The molecular weight excluding hydrogens is 260 g/mol. The van der Waals surface area contributed by atoms with Crippen molar-refractivity contribution >= 4 is 5.91 Å². The van der Waals surface area contributed by atoms with Gasteiger partial charge in [0.25, 0.3) is 0 Å². The minimum atomic E-state index is -0.365. The van der Waals surface area contributed by atoms with Gasteiger partial charge in [0.2, 0.25) is 5.91 Å². The molecule has 1 atom stereocenters. The average molecular weight is 282 g/mol. The molecule has 2 aromatic rings. The lowest BCUT2D eigenvalue weighted by Crippen LogP contribution is -2.46. The van der Waals surface area contributed by atoms with Crippen LogP contribution >= 0.6 is 0 Å². The molecule has 3 heteroatoms. The Morgan fingerprint density at radius 3 is 1.67 bits per heavy atom. The first-order chi connectivity index (χ1) is 10.1. The molecule has 0 saturated heterocycles. The summed E-state index contributed by atoms with van der Waals surface area (Å²) in [7, 11) is 0. The molecule has 3 nitrogen and oxygen atoms in total. The van der Waals surface area contributed by atoms with Crippen molar-refractivity contribution in [1.82, 2.24) is 5.32 Å². The van der Waals surface area contributed by atoms with E-state index in [2.05, 4.69) is 29.6 Å². The third-order valence-corrected chi connectivity index (χ3v) is 3.59. The van der Waals surface area contributed by atoms with Crippen molar-refractivity contribution < 1.29 is 4.79 Å². The van der Waals surface area contributed by atoms with Crippen molar-refractivity contribution in [1.29, 1.82) is 0 Å². The molecule has 0 aliphatic heterocycles. The first-order valence-electron chi connectivity index (χ1n) is 7.25. The number of nitrogens with two attached hydrogens (primary N) is 1. The second-order valence-corrected chi connectivity index (χ2v) is 5.55. The Hall–Kier alpha value is -2.13. The van der Waals surface area contributed by atoms with Crippen molar-refractivity contribution in [2.24, 2.45) is 11.7 Å². The molecule has 0 heterocycles. The minimum absolute atomic E-state index is 0.0488. The van der Waals surface area contributed by atoms with E-state index in [1.54, 1.807) is 0 Å². The minimum Gasteiger partial charge on any atom is -0.368 e. The molecule has 1 amide bonds. The normalized spacial score (nSPS) is 12.6. The topological polar surface area (TPSA) is 55.1 Å². The highest BCUT2D eigenvalue weighted by molar-refractivity contribution is 5.80. The molecule has 0 fully saturated rings. The van der Waals surface area contributed by atoms with Gasteiger partial charge in [-0.05, 0) is 17.0 Å². The quantitative estimate of drug-likeness (QED) is 0.856. The number of nitrogens with one attached hydrogen (secondary N) is 1. The maximum Gasteiger partial charge on any atom is 0.234 e. The third kappa shape index (κ3) is 3.92. The van der Waals surface area contributed by atoms with Crippen LogP contribution in [0.4, 0.5) is 0 Å². The summed E-state index contributed by atoms with van der Waals surface area (Å²) >= 11 is 0. The van der Waals surface area contributed by atoms with Gasteiger partial charge in [-0.2, -0.15) is 0 Å². The van der Waals surface area contributed by atoms with Crippen LogP contribution in [0.15, 0.2) is 60.7 Å². The Balaban J connectivity index is 2.35. The van der Waals surface area contributed by atoms with Crippen molar-refractivity contribution in [3.8, 4) is 0 Å². The van der Waals surface area contributed by atoms with Crippen LogP contribution in [0.1, 0.15) is 31.0 Å². The van der Waals surface area contributed by atoms with Gasteiger partial charge in [-0.15, -0.1) is 0 Å². The zero-order valence-corrected chi connectivity index (χ0v) is 12.5. The smallest absolute Gasteiger partial charge is 0.234 e. The van der Waals surface area contributed by atoms with Crippen molar-refractivity contribution in [2.75, 3.05) is 0 Å². The molecule has 110 valence electrons. The van der Waals surface area contributed by atoms with E-state index in [-0.39, 0.29) is 23.9 Å². The molecule has 0 radical (unpaired) electrons. The standard InChI is InChI=1S/C18H22N2O/c1-13(2)16(18(19)21)20-17(14-9-5-3-6-10-14)15-11-7-4-8-12-15/h3-13,16-17,20H,1-2H3,(H2,19,21)/t16-/m1/s1.